The highest BCUT2D eigenvalue weighted by Gasteiger charge is 2.36. The highest BCUT2D eigenvalue weighted by molar-refractivity contribution is 6.34. The molecule has 0 bridgehead atoms. The Morgan fingerprint density at radius 3 is 2.03 bits per heavy atom. The number of imide groups is 1. The Balaban J connectivity index is 1.40. The van der Waals surface area contributed by atoms with Gasteiger partial charge in [0.2, 0.25) is 0 Å². The summed E-state index contributed by atoms with van der Waals surface area (Å²) in [6.45, 7) is 3.58. The number of carbonyl (C=O) groups is 3. The zero-order chi connectivity index (χ0) is 22.1. The molecular formula is C24H19ClN2O4. The maximum Gasteiger partial charge on any atom is 0.266 e. The molecule has 0 aromatic heterocycles. The molecule has 3 amide bonds. The monoisotopic (exact) mass is 434 g/mol. The Morgan fingerprint density at radius 2 is 1.48 bits per heavy atom. The number of ether oxygens (including phenoxy) is 1. The normalized spacial score (nSPS) is 12.7. The van der Waals surface area contributed by atoms with Gasteiger partial charge in [-0.05, 0) is 73.5 Å². The van der Waals surface area contributed by atoms with Gasteiger partial charge in [-0.3, -0.25) is 14.4 Å². The molecule has 4 rings (SSSR count). The lowest BCUT2D eigenvalue weighted by Crippen LogP contribution is -2.29. The minimum atomic E-state index is -0.362. The van der Waals surface area contributed by atoms with E-state index in [-0.39, 0.29) is 24.3 Å². The average molecular weight is 435 g/mol. The predicted octanol–water partition coefficient (Wildman–Crippen LogP) is 4.77. The van der Waals surface area contributed by atoms with Gasteiger partial charge in [0.1, 0.15) is 5.75 Å². The van der Waals surface area contributed by atoms with Crippen LogP contribution in [0.2, 0.25) is 5.02 Å². The molecule has 1 aliphatic heterocycles. The number of anilines is 2. The average Bonchev–Trinajstić information content (AvgIpc) is 3.01. The molecular weight excluding hydrogens is 416 g/mol. The lowest BCUT2D eigenvalue weighted by atomic mass is 10.1. The molecule has 31 heavy (non-hydrogen) atoms. The van der Waals surface area contributed by atoms with Crippen molar-refractivity contribution in [2.24, 2.45) is 0 Å². The molecule has 0 spiro atoms. The third-order valence-corrected chi connectivity index (χ3v) is 5.58. The van der Waals surface area contributed by atoms with Gasteiger partial charge in [-0.25, -0.2) is 4.90 Å². The van der Waals surface area contributed by atoms with E-state index < -0.39 is 0 Å². The van der Waals surface area contributed by atoms with E-state index in [0.717, 1.165) is 16.0 Å². The lowest BCUT2D eigenvalue weighted by molar-refractivity contribution is -0.118. The number of carbonyl (C=O) groups excluding carboxylic acids is 3. The first kappa shape index (κ1) is 20.6. The van der Waals surface area contributed by atoms with Gasteiger partial charge in [0.05, 0.1) is 16.8 Å². The van der Waals surface area contributed by atoms with Crippen molar-refractivity contribution in [1.29, 1.82) is 0 Å². The van der Waals surface area contributed by atoms with E-state index in [2.05, 4.69) is 5.32 Å². The number of amides is 3. The third-order valence-electron chi connectivity index (χ3n) is 4.98. The maximum atomic E-state index is 12.6. The quantitative estimate of drug-likeness (QED) is 0.586. The van der Waals surface area contributed by atoms with E-state index in [0.29, 0.717) is 33.3 Å². The molecule has 3 aromatic rings. The van der Waals surface area contributed by atoms with Crippen LogP contribution >= 0.6 is 11.6 Å². The fraction of sp³-hybridized carbons (Fsp3) is 0.125. The molecule has 156 valence electrons. The number of hydrogen-bond acceptors (Lipinski definition) is 4. The molecule has 0 unspecified atom stereocenters. The fourth-order valence-corrected chi connectivity index (χ4v) is 3.56. The van der Waals surface area contributed by atoms with Crippen LogP contribution in [0.15, 0.2) is 60.7 Å². The van der Waals surface area contributed by atoms with Crippen LogP contribution in [0.3, 0.4) is 0 Å². The minimum absolute atomic E-state index is 0.166. The van der Waals surface area contributed by atoms with E-state index in [9.17, 15) is 14.4 Å². The molecule has 0 aliphatic carbocycles. The number of aryl methyl sites for hydroxylation is 2. The summed E-state index contributed by atoms with van der Waals surface area (Å²) >= 11 is 6.14. The Kier molecular flexibility index (Phi) is 5.48. The SMILES string of the molecule is Cc1cc(OCC(=O)Nc2ccc(N3C(=O)c4ccccc4C3=O)cc2)cc(C)c1Cl. The molecule has 1 aliphatic rings. The van der Waals surface area contributed by atoms with Crippen molar-refractivity contribution in [3.05, 3.63) is 87.9 Å². The number of benzene rings is 3. The lowest BCUT2D eigenvalue weighted by Gasteiger charge is -2.15. The third kappa shape index (κ3) is 4.02. The molecule has 0 saturated heterocycles. The second kappa shape index (κ2) is 8.24. The summed E-state index contributed by atoms with van der Waals surface area (Å²) in [4.78, 5) is 38.5. The van der Waals surface area contributed by atoms with Gasteiger partial charge in [-0.15, -0.1) is 0 Å². The Morgan fingerprint density at radius 1 is 0.935 bits per heavy atom. The van der Waals surface area contributed by atoms with Crippen molar-refractivity contribution >= 4 is 40.7 Å². The van der Waals surface area contributed by atoms with E-state index in [1.54, 1.807) is 60.7 Å². The van der Waals surface area contributed by atoms with Crippen LogP contribution < -0.4 is 15.0 Å². The summed E-state index contributed by atoms with van der Waals surface area (Å²) < 4.78 is 5.56. The number of fused-ring (bicyclic) bond motifs is 1. The van der Waals surface area contributed by atoms with Crippen LogP contribution in [0.4, 0.5) is 11.4 Å². The van der Waals surface area contributed by atoms with Crippen molar-refractivity contribution in [3.63, 3.8) is 0 Å². The van der Waals surface area contributed by atoms with Crippen LogP contribution in [-0.4, -0.2) is 24.3 Å². The first-order valence-corrected chi connectivity index (χ1v) is 10.00. The largest absolute Gasteiger partial charge is 0.484 e. The molecule has 0 radical (unpaired) electrons. The standard InChI is InChI=1S/C24H19ClN2O4/c1-14-11-18(12-15(2)22(14)25)31-13-21(28)26-16-7-9-17(10-8-16)27-23(29)19-5-3-4-6-20(19)24(27)30/h3-12H,13H2,1-2H3,(H,26,28). The van der Waals surface area contributed by atoms with Gasteiger partial charge in [-0.1, -0.05) is 23.7 Å². The van der Waals surface area contributed by atoms with Gasteiger partial charge in [0.15, 0.2) is 6.61 Å². The second-order valence-electron chi connectivity index (χ2n) is 7.25. The number of hydrogen-bond donors (Lipinski definition) is 1. The topological polar surface area (TPSA) is 75.7 Å². The van der Waals surface area contributed by atoms with Gasteiger partial charge in [-0.2, -0.15) is 0 Å². The van der Waals surface area contributed by atoms with Gasteiger partial charge >= 0.3 is 0 Å². The number of rotatable bonds is 5. The summed E-state index contributed by atoms with van der Waals surface area (Å²) in [5.41, 5.74) is 3.48. The summed E-state index contributed by atoms with van der Waals surface area (Å²) in [6.07, 6.45) is 0. The van der Waals surface area contributed by atoms with Crippen molar-refractivity contribution in [2.45, 2.75) is 13.8 Å². The fourth-order valence-electron chi connectivity index (χ4n) is 3.45. The first-order valence-electron chi connectivity index (χ1n) is 9.62. The Hall–Kier alpha value is -3.64. The Labute approximate surface area is 184 Å². The second-order valence-corrected chi connectivity index (χ2v) is 7.62. The van der Waals surface area contributed by atoms with Crippen LogP contribution in [0, 0.1) is 13.8 Å². The molecule has 1 N–H and O–H groups in total. The van der Waals surface area contributed by atoms with Crippen molar-refractivity contribution < 1.29 is 19.1 Å². The van der Waals surface area contributed by atoms with Crippen molar-refractivity contribution in [1.82, 2.24) is 0 Å². The van der Waals surface area contributed by atoms with Crippen LogP contribution in [0.25, 0.3) is 0 Å². The Bertz CT molecular complexity index is 1150. The molecule has 3 aromatic carbocycles. The molecule has 7 heteroatoms. The van der Waals surface area contributed by atoms with Crippen molar-refractivity contribution in [3.8, 4) is 5.75 Å². The summed E-state index contributed by atoms with van der Waals surface area (Å²) in [5.74, 6) is -0.493. The zero-order valence-electron chi connectivity index (χ0n) is 16.9. The number of nitrogens with zero attached hydrogens (tertiary/aromatic N) is 1. The summed E-state index contributed by atoms with van der Waals surface area (Å²) in [7, 11) is 0. The van der Waals surface area contributed by atoms with Gasteiger partial charge in [0.25, 0.3) is 17.7 Å². The van der Waals surface area contributed by atoms with Gasteiger partial charge < -0.3 is 10.1 Å². The number of nitrogens with one attached hydrogen (secondary N) is 1. The van der Waals surface area contributed by atoms with Crippen LogP contribution in [0.5, 0.6) is 5.75 Å². The first-order chi connectivity index (χ1) is 14.8. The minimum Gasteiger partial charge on any atom is -0.484 e. The molecule has 0 fully saturated rings. The van der Waals surface area contributed by atoms with Crippen LogP contribution in [-0.2, 0) is 4.79 Å². The van der Waals surface area contributed by atoms with E-state index >= 15 is 0 Å². The summed E-state index contributed by atoms with van der Waals surface area (Å²) in [5, 5.41) is 3.41. The maximum absolute atomic E-state index is 12.6. The smallest absolute Gasteiger partial charge is 0.266 e. The highest BCUT2D eigenvalue weighted by atomic mass is 35.5. The van der Waals surface area contributed by atoms with Crippen molar-refractivity contribution in [2.75, 3.05) is 16.8 Å². The molecule has 6 nitrogen and oxygen atoms in total. The van der Waals surface area contributed by atoms with E-state index in [4.69, 9.17) is 16.3 Å². The highest BCUT2D eigenvalue weighted by Crippen LogP contribution is 2.29. The molecule has 0 atom stereocenters. The zero-order valence-corrected chi connectivity index (χ0v) is 17.7. The van der Waals surface area contributed by atoms with E-state index in [1.807, 2.05) is 13.8 Å². The van der Waals surface area contributed by atoms with E-state index in [1.165, 1.54) is 0 Å². The molecule has 1 heterocycles. The molecule has 0 saturated carbocycles. The van der Waals surface area contributed by atoms with Crippen LogP contribution in [0.1, 0.15) is 31.8 Å². The predicted molar refractivity (Wildman–Crippen MR) is 119 cm³/mol. The van der Waals surface area contributed by atoms with Gasteiger partial charge in [0, 0.05) is 10.7 Å². The summed E-state index contributed by atoms with van der Waals surface area (Å²) in [6, 6.07) is 16.8. The number of halogens is 1.